The molecule has 3 heteroatoms. The van der Waals surface area contributed by atoms with Gasteiger partial charge in [-0.15, -0.1) is 0 Å². The molecule has 0 saturated carbocycles. The number of benzene rings is 1. The molecule has 0 saturated heterocycles. The molecule has 1 aliphatic heterocycles. The number of aldehydes is 1. The lowest BCUT2D eigenvalue weighted by Gasteiger charge is -2.17. The average Bonchev–Trinajstić information content (AvgIpc) is 2.98. The third-order valence-electron chi connectivity index (χ3n) is 5.21. The van der Waals surface area contributed by atoms with Crippen molar-refractivity contribution in [2.24, 2.45) is 10.4 Å². The van der Waals surface area contributed by atoms with E-state index in [9.17, 15) is 4.79 Å². The topological polar surface area (TPSA) is 45.2 Å². The quantitative estimate of drug-likeness (QED) is 0.786. The van der Waals surface area contributed by atoms with Gasteiger partial charge in [0.15, 0.2) is 6.29 Å². The van der Waals surface area contributed by atoms with Gasteiger partial charge in [0.2, 0.25) is 0 Å². The van der Waals surface area contributed by atoms with Crippen LogP contribution in [0.1, 0.15) is 60.1 Å². The summed E-state index contributed by atoms with van der Waals surface area (Å²) in [4.78, 5) is 19.6. The van der Waals surface area contributed by atoms with Crippen molar-refractivity contribution in [1.82, 2.24) is 4.98 Å². The van der Waals surface area contributed by atoms with Crippen LogP contribution in [0.2, 0.25) is 0 Å². The Bertz CT molecular complexity index is 851. The van der Waals surface area contributed by atoms with Crippen LogP contribution in [0.5, 0.6) is 0 Å². The first-order valence-corrected chi connectivity index (χ1v) is 8.34. The molecular weight excluding hydrogens is 296 g/mol. The van der Waals surface area contributed by atoms with Gasteiger partial charge in [-0.1, -0.05) is 44.2 Å². The summed E-state index contributed by atoms with van der Waals surface area (Å²) in [5, 5.41) is 0. The summed E-state index contributed by atoms with van der Waals surface area (Å²) < 4.78 is 0. The lowest BCUT2D eigenvalue weighted by atomic mass is 9.84. The van der Waals surface area contributed by atoms with Gasteiger partial charge in [-0.25, -0.2) is 0 Å². The van der Waals surface area contributed by atoms with Gasteiger partial charge in [0.25, 0.3) is 0 Å². The van der Waals surface area contributed by atoms with Crippen molar-refractivity contribution >= 4 is 17.6 Å². The Balaban J connectivity index is 2.29. The maximum atomic E-state index is 11.4. The summed E-state index contributed by atoms with van der Waals surface area (Å²) in [5.41, 5.74) is 8.32. The zero-order chi connectivity index (χ0) is 17.5. The summed E-state index contributed by atoms with van der Waals surface area (Å²) >= 11 is 0. The minimum atomic E-state index is 0.0679. The van der Waals surface area contributed by atoms with Crippen molar-refractivity contribution < 1.29 is 4.79 Å². The monoisotopic (exact) mass is 320 g/mol. The van der Waals surface area contributed by atoms with Gasteiger partial charge in [0.05, 0.1) is 17.1 Å². The van der Waals surface area contributed by atoms with Crippen molar-refractivity contribution in [3.63, 3.8) is 0 Å². The standard InChI is InChI=1S/C21H24N2O/c1-13-14(2)20(23-18(13)12-24)19(16-9-7-6-8-10-16)17-11-21(4,5)15(3)22-17/h6-10,12,23H,11H2,1-5H3/b19-17-. The van der Waals surface area contributed by atoms with Gasteiger partial charge in [-0.2, -0.15) is 0 Å². The van der Waals surface area contributed by atoms with Crippen LogP contribution in [0.4, 0.5) is 0 Å². The molecule has 1 aromatic heterocycles. The SMILES string of the molecule is CC1=N/C(=C(/c2ccccc2)c2[nH]c(C=O)c(C)c2C)CC1(C)C. The molecule has 0 radical (unpaired) electrons. The normalized spacial score (nSPS) is 18.5. The van der Waals surface area contributed by atoms with E-state index >= 15 is 0 Å². The number of allylic oxidation sites excluding steroid dienone is 1. The number of hydrogen-bond acceptors (Lipinski definition) is 2. The number of aromatic amines is 1. The van der Waals surface area contributed by atoms with E-state index in [1.807, 2.05) is 25.1 Å². The molecule has 2 heterocycles. The van der Waals surface area contributed by atoms with Crippen LogP contribution in [0.3, 0.4) is 0 Å². The fraction of sp³-hybridized carbons (Fsp3) is 0.333. The molecule has 0 bridgehead atoms. The highest BCUT2D eigenvalue weighted by molar-refractivity contribution is 5.95. The molecule has 3 rings (SSSR count). The molecular formula is C21H24N2O. The molecule has 1 aromatic carbocycles. The Morgan fingerprint density at radius 2 is 1.79 bits per heavy atom. The minimum Gasteiger partial charge on any atom is -0.352 e. The third kappa shape index (κ3) is 2.64. The van der Waals surface area contributed by atoms with E-state index in [0.717, 1.165) is 52.1 Å². The van der Waals surface area contributed by atoms with Crippen LogP contribution in [0.25, 0.3) is 5.57 Å². The van der Waals surface area contributed by atoms with E-state index < -0.39 is 0 Å². The summed E-state index contributed by atoms with van der Waals surface area (Å²) in [6.07, 6.45) is 1.79. The Kier molecular flexibility index (Phi) is 4.04. The lowest BCUT2D eigenvalue weighted by molar-refractivity contribution is 0.111. The van der Waals surface area contributed by atoms with Gasteiger partial charge < -0.3 is 4.98 Å². The lowest BCUT2D eigenvalue weighted by Crippen LogP contribution is -2.15. The van der Waals surface area contributed by atoms with Crippen molar-refractivity contribution in [3.8, 4) is 0 Å². The van der Waals surface area contributed by atoms with Gasteiger partial charge in [0, 0.05) is 23.1 Å². The van der Waals surface area contributed by atoms with E-state index in [1.54, 1.807) is 0 Å². The third-order valence-corrected chi connectivity index (χ3v) is 5.21. The fourth-order valence-electron chi connectivity index (χ4n) is 3.22. The second-order valence-electron chi connectivity index (χ2n) is 7.23. The number of nitrogens with one attached hydrogen (secondary N) is 1. The highest BCUT2D eigenvalue weighted by atomic mass is 16.1. The predicted octanol–water partition coefficient (Wildman–Crippen LogP) is 5.09. The smallest absolute Gasteiger partial charge is 0.166 e. The van der Waals surface area contributed by atoms with Crippen LogP contribution >= 0.6 is 0 Å². The first kappa shape index (κ1) is 16.4. The summed E-state index contributed by atoms with van der Waals surface area (Å²) in [5.74, 6) is 0. The minimum absolute atomic E-state index is 0.0679. The van der Waals surface area contributed by atoms with Crippen LogP contribution in [-0.4, -0.2) is 17.0 Å². The highest BCUT2D eigenvalue weighted by Crippen LogP contribution is 2.41. The average molecular weight is 320 g/mol. The van der Waals surface area contributed by atoms with Gasteiger partial charge in [-0.3, -0.25) is 9.79 Å². The molecule has 124 valence electrons. The number of aliphatic imine (C=N–C) groups is 1. The molecule has 0 atom stereocenters. The summed E-state index contributed by atoms with van der Waals surface area (Å²) in [7, 11) is 0. The van der Waals surface area contributed by atoms with Crippen LogP contribution in [0.15, 0.2) is 41.0 Å². The summed E-state index contributed by atoms with van der Waals surface area (Å²) in [6.45, 7) is 10.6. The second-order valence-corrected chi connectivity index (χ2v) is 7.23. The number of nitrogens with zero attached hydrogens (tertiary/aromatic N) is 1. The molecule has 0 aliphatic carbocycles. The number of carbonyl (C=O) groups excluding carboxylic acids is 1. The Morgan fingerprint density at radius 1 is 1.12 bits per heavy atom. The molecule has 0 unspecified atom stereocenters. The van der Waals surface area contributed by atoms with Gasteiger partial charge in [0.1, 0.15) is 0 Å². The Labute approximate surface area is 143 Å². The molecule has 1 aliphatic rings. The van der Waals surface area contributed by atoms with Crippen molar-refractivity contribution in [2.45, 2.75) is 41.0 Å². The first-order chi connectivity index (χ1) is 11.3. The van der Waals surface area contributed by atoms with E-state index in [4.69, 9.17) is 4.99 Å². The zero-order valence-corrected chi connectivity index (χ0v) is 15.0. The number of H-pyrrole nitrogens is 1. The van der Waals surface area contributed by atoms with Gasteiger partial charge in [-0.05, 0) is 37.5 Å². The highest BCUT2D eigenvalue weighted by Gasteiger charge is 2.32. The Hall–Kier alpha value is -2.42. The van der Waals surface area contributed by atoms with E-state index in [-0.39, 0.29) is 5.41 Å². The Morgan fingerprint density at radius 3 is 2.29 bits per heavy atom. The molecule has 3 nitrogen and oxygen atoms in total. The number of hydrogen-bond donors (Lipinski definition) is 1. The molecule has 0 spiro atoms. The molecule has 0 amide bonds. The molecule has 0 fully saturated rings. The number of rotatable bonds is 3. The van der Waals surface area contributed by atoms with Gasteiger partial charge >= 0.3 is 0 Å². The number of carbonyl (C=O) groups is 1. The maximum Gasteiger partial charge on any atom is 0.166 e. The molecule has 24 heavy (non-hydrogen) atoms. The van der Waals surface area contributed by atoms with E-state index in [2.05, 4.69) is 44.8 Å². The van der Waals surface area contributed by atoms with Crippen LogP contribution < -0.4 is 0 Å². The second kappa shape index (κ2) is 5.90. The zero-order valence-electron chi connectivity index (χ0n) is 15.0. The largest absolute Gasteiger partial charge is 0.352 e. The maximum absolute atomic E-state index is 11.4. The van der Waals surface area contributed by atoms with E-state index in [0.29, 0.717) is 5.69 Å². The predicted molar refractivity (Wildman–Crippen MR) is 99.6 cm³/mol. The fourth-order valence-corrected chi connectivity index (χ4v) is 3.22. The summed E-state index contributed by atoms with van der Waals surface area (Å²) in [6, 6.07) is 10.3. The van der Waals surface area contributed by atoms with Crippen molar-refractivity contribution in [1.29, 1.82) is 0 Å². The molecule has 2 aromatic rings. The van der Waals surface area contributed by atoms with Crippen molar-refractivity contribution in [2.75, 3.05) is 0 Å². The van der Waals surface area contributed by atoms with Crippen molar-refractivity contribution in [3.05, 3.63) is 64.1 Å². The molecule has 1 N–H and O–H groups in total. The van der Waals surface area contributed by atoms with E-state index in [1.165, 1.54) is 0 Å². The van der Waals surface area contributed by atoms with Crippen LogP contribution in [-0.2, 0) is 0 Å². The first-order valence-electron chi connectivity index (χ1n) is 8.34. The number of aromatic nitrogens is 1. The van der Waals surface area contributed by atoms with Crippen LogP contribution in [0, 0.1) is 19.3 Å².